The second-order valence-electron chi connectivity index (χ2n) is 7.39. The fourth-order valence-corrected chi connectivity index (χ4v) is 3.77. The molecule has 0 aliphatic carbocycles. The number of aromatic nitrogens is 7. The maximum absolute atomic E-state index is 4.86. The molecule has 148 valence electrons. The second kappa shape index (κ2) is 6.84. The normalized spacial score (nSPS) is 11.4. The minimum atomic E-state index is 0.647. The molecule has 5 heterocycles. The molecule has 0 saturated carbocycles. The fraction of sp³-hybridized carbons (Fsp3) is 0.0417. The Morgan fingerprint density at radius 2 is 1.65 bits per heavy atom. The largest absolute Gasteiger partial charge is 0.336 e. The number of rotatable bonds is 3. The van der Waals surface area contributed by atoms with Gasteiger partial charge in [-0.15, -0.1) is 0 Å². The van der Waals surface area contributed by atoms with Gasteiger partial charge in [0.1, 0.15) is 11.0 Å². The first-order chi connectivity index (χ1) is 15.3. The lowest BCUT2D eigenvalue weighted by Gasteiger charge is -2.02. The molecule has 0 amide bonds. The molecule has 6 rings (SSSR count). The fourth-order valence-electron chi connectivity index (χ4n) is 3.77. The highest BCUT2D eigenvalue weighted by Gasteiger charge is 2.17. The molecule has 31 heavy (non-hydrogen) atoms. The molecule has 0 spiro atoms. The molecule has 5 aromatic heterocycles. The quantitative estimate of drug-likeness (QED) is 0.437. The van der Waals surface area contributed by atoms with E-state index in [-0.39, 0.29) is 0 Å². The maximum Gasteiger partial charge on any atom is 0.161 e. The van der Waals surface area contributed by atoms with Gasteiger partial charge in [-0.25, -0.2) is 9.97 Å². The van der Waals surface area contributed by atoms with Gasteiger partial charge in [0.2, 0.25) is 0 Å². The van der Waals surface area contributed by atoms with E-state index < -0.39 is 0 Å². The molecule has 0 aliphatic heterocycles. The average molecular weight is 403 g/mol. The topological polar surface area (TPSA) is 96.0 Å². The van der Waals surface area contributed by atoms with Crippen molar-refractivity contribution in [1.29, 1.82) is 0 Å². The zero-order chi connectivity index (χ0) is 20.8. The second-order valence-corrected chi connectivity index (χ2v) is 7.39. The van der Waals surface area contributed by atoms with Gasteiger partial charge in [-0.1, -0.05) is 29.8 Å². The van der Waals surface area contributed by atoms with Crippen molar-refractivity contribution in [3.05, 3.63) is 78.6 Å². The number of nitrogens with zero attached hydrogens (tertiary/aromatic N) is 5. The number of fused-ring (bicyclic) bond motifs is 2. The van der Waals surface area contributed by atoms with Gasteiger partial charge in [0.15, 0.2) is 11.5 Å². The van der Waals surface area contributed by atoms with Gasteiger partial charge >= 0.3 is 0 Å². The van der Waals surface area contributed by atoms with Crippen molar-refractivity contribution >= 4 is 22.1 Å². The summed E-state index contributed by atoms with van der Waals surface area (Å²) in [6.07, 6.45) is 3.55. The number of imidazole rings is 1. The summed E-state index contributed by atoms with van der Waals surface area (Å²) >= 11 is 0. The summed E-state index contributed by atoms with van der Waals surface area (Å²) in [6, 6.07) is 19.9. The average Bonchev–Trinajstić information content (AvgIpc) is 3.43. The number of benzene rings is 1. The Kier molecular flexibility index (Phi) is 3.86. The maximum atomic E-state index is 4.86. The number of nitrogens with one attached hydrogen (secondary N) is 2. The van der Waals surface area contributed by atoms with Crippen LogP contribution in [0.2, 0.25) is 0 Å². The van der Waals surface area contributed by atoms with Crippen LogP contribution in [-0.2, 0) is 0 Å². The van der Waals surface area contributed by atoms with E-state index >= 15 is 0 Å². The van der Waals surface area contributed by atoms with Gasteiger partial charge in [0, 0.05) is 18.0 Å². The monoisotopic (exact) mass is 403 g/mol. The Bertz CT molecular complexity index is 1550. The summed E-state index contributed by atoms with van der Waals surface area (Å²) in [4.78, 5) is 22.1. The first-order valence-electron chi connectivity index (χ1n) is 9.95. The van der Waals surface area contributed by atoms with Gasteiger partial charge in [0.05, 0.1) is 28.1 Å². The van der Waals surface area contributed by atoms with Crippen LogP contribution in [-0.4, -0.2) is 35.1 Å². The van der Waals surface area contributed by atoms with Crippen LogP contribution in [0.15, 0.2) is 73.1 Å². The van der Waals surface area contributed by atoms with Crippen molar-refractivity contribution in [2.45, 2.75) is 6.92 Å². The van der Waals surface area contributed by atoms with Crippen molar-refractivity contribution in [2.24, 2.45) is 0 Å². The van der Waals surface area contributed by atoms with Crippen molar-refractivity contribution in [1.82, 2.24) is 35.1 Å². The van der Waals surface area contributed by atoms with Crippen LogP contribution in [0.4, 0.5) is 0 Å². The van der Waals surface area contributed by atoms with E-state index in [0.29, 0.717) is 11.5 Å². The van der Waals surface area contributed by atoms with Gasteiger partial charge < -0.3 is 4.98 Å². The standard InChI is InChI=1S/C24H17N7/c1-14-5-4-6-15(13-14)20-21-18(10-12-26-20)28-24(29-21)23-22-19(30-31-23)9-8-17(27-22)16-7-2-3-11-25-16/h2-13H,1H3,(H,28,29)(H,30,31). The molecule has 1 aromatic carbocycles. The number of pyridine rings is 3. The molecule has 0 bridgehead atoms. The Balaban J connectivity index is 1.52. The molecule has 6 aromatic rings. The highest BCUT2D eigenvalue weighted by Crippen LogP contribution is 2.30. The van der Waals surface area contributed by atoms with Crippen LogP contribution >= 0.6 is 0 Å². The van der Waals surface area contributed by atoms with Gasteiger partial charge in [-0.05, 0) is 43.3 Å². The Morgan fingerprint density at radius 3 is 2.52 bits per heavy atom. The van der Waals surface area contributed by atoms with Gasteiger partial charge in [-0.2, -0.15) is 5.10 Å². The molecule has 0 atom stereocenters. The third kappa shape index (κ3) is 2.95. The molecule has 0 aliphatic rings. The third-order valence-electron chi connectivity index (χ3n) is 5.25. The van der Waals surface area contributed by atoms with Crippen LogP contribution in [0.5, 0.6) is 0 Å². The highest BCUT2D eigenvalue weighted by atomic mass is 15.2. The van der Waals surface area contributed by atoms with E-state index in [2.05, 4.69) is 44.2 Å². The minimum absolute atomic E-state index is 0.647. The highest BCUT2D eigenvalue weighted by molar-refractivity contribution is 5.95. The van der Waals surface area contributed by atoms with E-state index in [1.165, 1.54) is 5.56 Å². The lowest BCUT2D eigenvalue weighted by Crippen LogP contribution is -1.88. The van der Waals surface area contributed by atoms with Crippen molar-refractivity contribution in [3.63, 3.8) is 0 Å². The summed E-state index contributed by atoms with van der Waals surface area (Å²) in [6.45, 7) is 2.07. The number of H-pyrrole nitrogens is 2. The van der Waals surface area contributed by atoms with Gasteiger partial charge in [-0.3, -0.25) is 15.1 Å². The van der Waals surface area contributed by atoms with E-state index in [9.17, 15) is 0 Å². The molecular weight excluding hydrogens is 386 g/mol. The predicted molar refractivity (Wildman–Crippen MR) is 120 cm³/mol. The van der Waals surface area contributed by atoms with Crippen LogP contribution in [0, 0.1) is 6.92 Å². The van der Waals surface area contributed by atoms with Crippen LogP contribution < -0.4 is 0 Å². The summed E-state index contributed by atoms with van der Waals surface area (Å²) in [5, 5.41) is 7.54. The zero-order valence-corrected chi connectivity index (χ0v) is 16.7. The molecule has 0 saturated heterocycles. The summed E-state index contributed by atoms with van der Waals surface area (Å²) in [5.74, 6) is 0.647. The van der Waals surface area contributed by atoms with E-state index in [1.807, 2.05) is 48.5 Å². The molecule has 7 heteroatoms. The van der Waals surface area contributed by atoms with Gasteiger partial charge in [0.25, 0.3) is 0 Å². The number of hydrogen-bond donors (Lipinski definition) is 2. The van der Waals surface area contributed by atoms with Crippen molar-refractivity contribution in [3.8, 4) is 34.2 Å². The number of aryl methyl sites for hydroxylation is 1. The SMILES string of the molecule is Cc1cccc(-c2nccc3[nH]c(-c4n[nH]c5ccc(-c6ccccn6)nc45)nc23)c1. The molecule has 2 N–H and O–H groups in total. The molecular formula is C24H17N7. The minimum Gasteiger partial charge on any atom is -0.336 e. The lowest BCUT2D eigenvalue weighted by atomic mass is 10.1. The van der Waals surface area contributed by atoms with Crippen LogP contribution in [0.3, 0.4) is 0 Å². The Hall–Kier alpha value is -4.39. The van der Waals surface area contributed by atoms with E-state index in [0.717, 1.165) is 44.7 Å². The van der Waals surface area contributed by atoms with Crippen LogP contribution in [0.1, 0.15) is 5.56 Å². The first kappa shape index (κ1) is 17.5. The van der Waals surface area contributed by atoms with Crippen molar-refractivity contribution < 1.29 is 0 Å². The lowest BCUT2D eigenvalue weighted by molar-refractivity contribution is 1.10. The number of hydrogen-bond acceptors (Lipinski definition) is 5. The summed E-state index contributed by atoms with van der Waals surface area (Å²) < 4.78 is 0. The molecule has 0 unspecified atom stereocenters. The summed E-state index contributed by atoms with van der Waals surface area (Å²) in [7, 11) is 0. The molecule has 0 radical (unpaired) electrons. The number of aromatic amines is 2. The Morgan fingerprint density at radius 1 is 0.710 bits per heavy atom. The van der Waals surface area contributed by atoms with E-state index in [1.54, 1.807) is 12.4 Å². The Labute approximate surface area is 177 Å². The van der Waals surface area contributed by atoms with Crippen molar-refractivity contribution in [2.75, 3.05) is 0 Å². The first-order valence-corrected chi connectivity index (χ1v) is 9.95. The molecule has 7 nitrogen and oxygen atoms in total. The zero-order valence-electron chi connectivity index (χ0n) is 16.7. The third-order valence-corrected chi connectivity index (χ3v) is 5.25. The summed E-state index contributed by atoms with van der Waals surface area (Å²) in [5.41, 5.74) is 8.60. The smallest absolute Gasteiger partial charge is 0.161 e. The van der Waals surface area contributed by atoms with E-state index in [4.69, 9.17) is 9.97 Å². The predicted octanol–water partition coefficient (Wildman–Crippen LogP) is 4.93. The molecule has 0 fully saturated rings. The van der Waals surface area contributed by atoms with Crippen LogP contribution in [0.25, 0.3) is 56.2 Å².